The van der Waals surface area contributed by atoms with Gasteiger partial charge in [0.1, 0.15) is 13.2 Å². The standard InChI is InChI=1S/C9H17O6P/c1-4-5-13-16(12,14-6-8(2)10)15-7-9(3)11/h4-7H2,1-3H3. The Kier molecular flexibility index (Phi) is 7.42. The predicted octanol–water partition coefficient (Wildman–Crippen LogP) is 1.73. The fourth-order valence-corrected chi connectivity index (χ4v) is 1.96. The van der Waals surface area contributed by atoms with Crippen molar-refractivity contribution in [2.75, 3.05) is 19.8 Å². The van der Waals surface area contributed by atoms with E-state index in [1.807, 2.05) is 6.92 Å². The highest BCUT2D eigenvalue weighted by Crippen LogP contribution is 2.49. The lowest BCUT2D eigenvalue weighted by atomic mass is 10.5. The highest BCUT2D eigenvalue weighted by atomic mass is 31.2. The molecule has 0 rings (SSSR count). The van der Waals surface area contributed by atoms with Crippen molar-refractivity contribution in [2.24, 2.45) is 0 Å². The van der Waals surface area contributed by atoms with Gasteiger partial charge in [-0.05, 0) is 20.3 Å². The number of rotatable bonds is 9. The summed E-state index contributed by atoms with van der Waals surface area (Å²) >= 11 is 0. The molecule has 16 heavy (non-hydrogen) atoms. The largest absolute Gasteiger partial charge is 0.475 e. The molecule has 0 unspecified atom stereocenters. The van der Waals surface area contributed by atoms with Gasteiger partial charge in [0.15, 0.2) is 11.6 Å². The number of phosphoric acid groups is 1. The van der Waals surface area contributed by atoms with Crippen LogP contribution in [0.3, 0.4) is 0 Å². The Hall–Kier alpha value is -0.550. The molecule has 0 aliphatic rings. The maximum Gasteiger partial charge on any atom is 0.475 e. The van der Waals surface area contributed by atoms with Gasteiger partial charge in [0.05, 0.1) is 6.61 Å². The van der Waals surface area contributed by atoms with Crippen LogP contribution in [0.4, 0.5) is 0 Å². The molecular weight excluding hydrogens is 235 g/mol. The van der Waals surface area contributed by atoms with Crippen molar-refractivity contribution < 1.29 is 27.7 Å². The smallest absolute Gasteiger partial charge is 0.297 e. The van der Waals surface area contributed by atoms with Crippen LogP contribution in [0.25, 0.3) is 0 Å². The first-order valence-electron chi connectivity index (χ1n) is 4.92. The minimum Gasteiger partial charge on any atom is -0.297 e. The van der Waals surface area contributed by atoms with Gasteiger partial charge in [0.25, 0.3) is 0 Å². The molecule has 0 aliphatic carbocycles. The molecule has 7 heteroatoms. The monoisotopic (exact) mass is 252 g/mol. The summed E-state index contributed by atoms with van der Waals surface area (Å²) in [5.41, 5.74) is 0. The molecular formula is C9H17O6P. The maximum absolute atomic E-state index is 11.8. The van der Waals surface area contributed by atoms with Gasteiger partial charge in [-0.15, -0.1) is 0 Å². The zero-order valence-electron chi connectivity index (χ0n) is 9.73. The summed E-state index contributed by atoms with van der Waals surface area (Å²) in [6.45, 7) is 3.84. The van der Waals surface area contributed by atoms with E-state index in [0.717, 1.165) is 0 Å². The van der Waals surface area contributed by atoms with Gasteiger partial charge in [-0.3, -0.25) is 23.2 Å². The van der Waals surface area contributed by atoms with Crippen molar-refractivity contribution in [3.63, 3.8) is 0 Å². The van der Waals surface area contributed by atoms with Gasteiger partial charge in [-0.1, -0.05) is 6.92 Å². The maximum atomic E-state index is 11.8. The highest BCUT2D eigenvalue weighted by molar-refractivity contribution is 7.48. The third-order valence-corrected chi connectivity index (χ3v) is 2.69. The van der Waals surface area contributed by atoms with E-state index in [0.29, 0.717) is 6.42 Å². The number of hydrogen-bond acceptors (Lipinski definition) is 6. The molecule has 0 atom stereocenters. The van der Waals surface area contributed by atoms with E-state index in [-0.39, 0.29) is 31.4 Å². The Morgan fingerprint density at radius 3 is 1.75 bits per heavy atom. The molecule has 0 heterocycles. The fourth-order valence-electron chi connectivity index (χ4n) is 0.655. The third kappa shape index (κ3) is 7.70. The first-order chi connectivity index (χ1) is 7.39. The number of carbonyl (C=O) groups excluding carboxylic acids is 2. The number of Topliss-reactive ketones (excluding diaryl/α,β-unsaturated/α-hetero) is 2. The predicted molar refractivity (Wildman–Crippen MR) is 57.1 cm³/mol. The van der Waals surface area contributed by atoms with Crippen molar-refractivity contribution in [1.29, 1.82) is 0 Å². The number of phosphoric ester groups is 1. The van der Waals surface area contributed by atoms with Gasteiger partial charge in [0.2, 0.25) is 0 Å². The second-order valence-electron chi connectivity index (χ2n) is 3.23. The Bertz CT molecular complexity index is 266. The summed E-state index contributed by atoms with van der Waals surface area (Å²) in [4.78, 5) is 21.4. The molecule has 0 saturated heterocycles. The molecule has 6 nitrogen and oxygen atoms in total. The Labute approximate surface area is 94.9 Å². The van der Waals surface area contributed by atoms with Crippen LogP contribution in [0.15, 0.2) is 0 Å². The molecule has 0 saturated carbocycles. The second-order valence-corrected chi connectivity index (χ2v) is 4.90. The second kappa shape index (κ2) is 7.68. The van der Waals surface area contributed by atoms with Crippen molar-refractivity contribution in [3.8, 4) is 0 Å². The van der Waals surface area contributed by atoms with Gasteiger partial charge < -0.3 is 0 Å². The molecule has 94 valence electrons. The van der Waals surface area contributed by atoms with E-state index in [1.54, 1.807) is 0 Å². The van der Waals surface area contributed by atoms with Crippen LogP contribution < -0.4 is 0 Å². The van der Waals surface area contributed by atoms with E-state index in [9.17, 15) is 14.2 Å². The lowest BCUT2D eigenvalue weighted by Gasteiger charge is -2.16. The number of hydrogen-bond donors (Lipinski definition) is 0. The summed E-state index contributed by atoms with van der Waals surface area (Å²) in [6, 6.07) is 0. The van der Waals surface area contributed by atoms with Gasteiger partial charge in [-0.25, -0.2) is 4.57 Å². The van der Waals surface area contributed by atoms with E-state index < -0.39 is 7.82 Å². The van der Waals surface area contributed by atoms with Gasteiger partial charge in [0, 0.05) is 0 Å². The lowest BCUT2D eigenvalue weighted by molar-refractivity contribution is -0.120. The van der Waals surface area contributed by atoms with Gasteiger partial charge >= 0.3 is 7.82 Å². The van der Waals surface area contributed by atoms with Crippen LogP contribution in [0, 0.1) is 0 Å². The molecule has 0 aliphatic heterocycles. The van der Waals surface area contributed by atoms with Crippen LogP contribution in [0.2, 0.25) is 0 Å². The fraction of sp³-hybridized carbons (Fsp3) is 0.778. The van der Waals surface area contributed by atoms with Crippen LogP contribution >= 0.6 is 7.82 Å². The molecule has 0 amide bonds. The normalized spacial score (nSPS) is 11.4. The molecule has 0 spiro atoms. The molecule has 0 N–H and O–H groups in total. The molecule has 0 bridgehead atoms. The molecule has 0 radical (unpaired) electrons. The average molecular weight is 252 g/mol. The summed E-state index contributed by atoms with van der Waals surface area (Å²) in [5, 5.41) is 0. The highest BCUT2D eigenvalue weighted by Gasteiger charge is 2.27. The van der Waals surface area contributed by atoms with Gasteiger partial charge in [-0.2, -0.15) is 0 Å². The van der Waals surface area contributed by atoms with Crippen LogP contribution in [-0.2, 0) is 27.7 Å². The SMILES string of the molecule is CCCOP(=O)(OCC(C)=O)OCC(C)=O. The van der Waals surface area contributed by atoms with Crippen LogP contribution in [0.5, 0.6) is 0 Å². The van der Waals surface area contributed by atoms with Crippen molar-refractivity contribution >= 4 is 19.4 Å². The van der Waals surface area contributed by atoms with E-state index in [4.69, 9.17) is 13.6 Å². The molecule has 0 aromatic heterocycles. The van der Waals surface area contributed by atoms with Crippen molar-refractivity contribution in [1.82, 2.24) is 0 Å². The van der Waals surface area contributed by atoms with Crippen molar-refractivity contribution in [3.05, 3.63) is 0 Å². The first-order valence-corrected chi connectivity index (χ1v) is 6.38. The zero-order chi connectivity index (χ0) is 12.6. The minimum absolute atomic E-state index is 0.174. The Morgan fingerprint density at radius 2 is 1.44 bits per heavy atom. The zero-order valence-corrected chi connectivity index (χ0v) is 10.6. The lowest BCUT2D eigenvalue weighted by Crippen LogP contribution is -2.10. The summed E-state index contributed by atoms with van der Waals surface area (Å²) < 4.78 is 26.2. The molecule has 0 aromatic rings. The summed E-state index contributed by atoms with van der Waals surface area (Å²) in [6.07, 6.45) is 0.622. The topological polar surface area (TPSA) is 78.9 Å². The first kappa shape index (κ1) is 15.4. The Balaban J connectivity index is 4.29. The number of ketones is 2. The molecule has 0 aromatic carbocycles. The third-order valence-electron chi connectivity index (χ3n) is 1.31. The summed E-state index contributed by atoms with van der Waals surface area (Å²) in [7, 11) is -3.79. The summed E-state index contributed by atoms with van der Waals surface area (Å²) in [5.74, 6) is -0.599. The van der Waals surface area contributed by atoms with Crippen molar-refractivity contribution in [2.45, 2.75) is 27.2 Å². The average Bonchev–Trinajstić information content (AvgIpc) is 2.21. The Morgan fingerprint density at radius 1 is 1.00 bits per heavy atom. The molecule has 0 fully saturated rings. The van der Waals surface area contributed by atoms with E-state index in [2.05, 4.69) is 0 Å². The quantitative estimate of drug-likeness (QED) is 0.581. The number of carbonyl (C=O) groups is 2. The van der Waals surface area contributed by atoms with E-state index >= 15 is 0 Å². The van der Waals surface area contributed by atoms with Crippen LogP contribution in [-0.4, -0.2) is 31.4 Å². The van der Waals surface area contributed by atoms with Crippen LogP contribution in [0.1, 0.15) is 27.2 Å². The van der Waals surface area contributed by atoms with E-state index in [1.165, 1.54) is 13.8 Å². The minimum atomic E-state index is -3.79.